The van der Waals surface area contributed by atoms with Gasteiger partial charge in [0.1, 0.15) is 5.41 Å². The lowest BCUT2D eigenvalue weighted by Crippen LogP contribution is -2.53. The number of hydrogen-bond donors (Lipinski definition) is 1. The van der Waals surface area contributed by atoms with Gasteiger partial charge in [-0.25, -0.2) is 0 Å². The van der Waals surface area contributed by atoms with Crippen LogP contribution in [0.25, 0.3) is 0 Å². The van der Waals surface area contributed by atoms with Gasteiger partial charge < -0.3 is 5.32 Å². The highest BCUT2D eigenvalue weighted by molar-refractivity contribution is 5.86. The van der Waals surface area contributed by atoms with Crippen LogP contribution in [0.3, 0.4) is 0 Å². The number of hydrogen-bond acceptors (Lipinski definition) is 2. The number of carbonyl (C=O) groups is 1. The molecule has 3 heteroatoms. The van der Waals surface area contributed by atoms with Crippen LogP contribution in [-0.4, -0.2) is 11.9 Å². The maximum absolute atomic E-state index is 12.2. The minimum absolute atomic E-state index is 0.0296. The van der Waals surface area contributed by atoms with E-state index in [2.05, 4.69) is 32.2 Å². The third-order valence-corrected chi connectivity index (χ3v) is 4.61. The van der Waals surface area contributed by atoms with E-state index in [1.165, 1.54) is 6.42 Å². The molecule has 1 amide bonds. The van der Waals surface area contributed by atoms with Crippen LogP contribution in [0.2, 0.25) is 0 Å². The molecule has 1 unspecified atom stereocenters. The van der Waals surface area contributed by atoms with Gasteiger partial charge in [-0.3, -0.25) is 4.79 Å². The summed E-state index contributed by atoms with van der Waals surface area (Å²) in [4.78, 5) is 12.2. The molecular formula is C14H22N2O. The van der Waals surface area contributed by atoms with Crippen LogP contribution in [0, 0.1) is 28.1 Å². The van der Waals surface area contributed by atoms with Crippen molar-refractivity contribution in [2.75, 3.05) is 0 Å². The Morgan fingerprint density at radius 2 is 2.06 bits per heavy atom. The first-order valence-electron chi connectivity index (χ1n) is 6.62. The molecule has 0 saturated heterocycles. The second-order valence-corrected chi connectivity index (χ2v) is 6.61. The van der Waals surface area contributed by atoms with Crippen molar-refractivity contribution in [1.82, 2.24) is 5.32 Å². The lowest BCUT2D eigenvalue weighted by molar-refractivity contribution is -0.135. The fourth-order valence-corrected chi connectivity index (χ4v) is 3.35. The zero-order valence-corrected chi connectivity index (χ0v) is 11.0. The summed E-state index contributed by atoms with van der Waals surface area (Å²) in [5.74, 6) is 0.482. The Hall–Kier alpha value is -1.04. The highest BCUT2D eigenvalue weighted by Gasteiger charge is 2.50. The Bertz CT molecular complexity index is 361. The van der Waals surface area contributed by atoms with Gasteiger partial charge in [0.2, 0.25) is 5.91 Å². The first-order chi connectivity index (χ1) is 7.89. The molecule has 2 aliphatic carbocycles. The molecule has 2 rings (SSSR count). The Balaban J connectivity index is 2.00. The predicted molar refractivity (Wildman–Crippen MR) is 66.0 cm³/mol. The highest BCUT2D eigenvalue weighted by Crippen LogP contribution is 2.46. The van der Waals surface area contributed by atoms with Crippen LogP contribution < -0.4 is 5.32 Å². The van der Waals surface area contributed by atoms with E-state index in [9.17, 15) is 10.1 Å². The van der Waals surface area contributed by atoms with Crippen molar-refractivity contribution in [3.63, 3.8) is 0 Å². The van der Waals surface area contributed by atoms with E-state index in [1.54, 1.807) is 0 Å². The van der Waals surface area contributed by atoms with Crippen LogP contribution in [0.1, 0.15) is 52.9 Å². The van der Waals surface area contributed by atoms with E-state index >= 15 is 0 Å². The highest BCUT2D eigenvalue weighted by atomic mass is 16.2. The van der Waals surface area contributed by atoms with Crippen LogP contribution in [0.5, 0.6) is 0 Å². The summed E-state index contributed by atoms with van der Waals surface area (Å²) < 4.78 is 0. The van der Waals surface area contributed by atoms with Crippen molar-refractivity contribution < 1.29 is 4.79 Å². The van der Waals surface area contributed by atoms with E-state index in [1.807, 2.05) is 0 Å². The van der Waals surface area contributed by atoms with Crippen LogP contribution in [-0.2, 0) is 4.79 Å². The molecule has 17 heavy (non-hydrogen) atoms. The molecule has 0 aliphatic heterocycles. The SMILES string of the molecule is CC1CC(C#N)(C(=O)NC2CCCC2(C)C)C1. The molecule has 0 heterocycles. The Morgan fingerprint density at radius 1 is 1.41 bits per heavy atom. The molecule has 0 bridgehead atoms. The van der Waals surface area contributed by atoms with Gasteiger partial charge in [-0.1, -0.05) is 27.2 Å². The van der Waals surface area contributed by atoms with Gasteiger partial charge in [0.05, 0.1) is 6.07 Å². The minimum atomic E-state index is -0.724. The van der Waals surface area contributed by atoms with Gasteiger partial charge in [0.15, 0.2) is 0 Å². The number of carbonyl (C=O) groups excluding carboxylic acids is 1. The topological polar surface area (TPSA) is 52.9 Å². The predicted octanol–water partition coefficient (Wildman–Crippen LogP) is 2.62. The van der Waals surface area contributed by atoms with Gasteiger partial charge in [-0.2, -0.15) is 5.26 Å². The van der Waals surface area contributed by atoms with Crippen molar-refractivity contribution in [2.24, 2.45) is 16.7 Å². The quantitative estimate of drug-likeness (QED) is 0.798. The molecule has 1 atom stereocenters. The van der Waals surface area contributed by atoms with Crippen LogP contribution in [0.4, 0.5) is 0 Å². The number of nitrogens with zero attached hydrogens (tertiary/aromatic N) is 1. The summed E-state index contributed by atoms with van der Waals surface area (Å²) in [5.41, 5.74) is -0.542. The zero-order chi connectivity index (χ0) is 12.7. The summed E-state index contributed by atoms with van der Waals surface area (Å²) in [7, 11) is 0. The van der Waals surface area contributed by atoms with Crippen LogP contribution >= 0.6 is 0 Å². The van der Waals surface area contributed by atoms with Crippen molar-refractivity contribution in [2.45, 2.75) is 58.9 Å². The average Bonchev–Trinajstić information content (AvgIpc) is 2.53. The van der Waals surface area contributed by atoms with E-state index in [0.29, 0.717) is 5.92 Å². The van der Waals surface area contributed by atoms with Gasteiger partial charge in [0.25, 0.3) is 0 Å². The lowest BCUT2D eigenvalue weighted by atomic mass is 9.63. The number of rotatable bonds is 2. The molecule has 0 aromatic heterocycles. The first-order valence-corrected chi connectivity index (χ1v) is 6.62. The molecule has 0 aromatic carbocycles. The van der Waals surface area contributed by atoms with E-state index < -0.39 is 5.41 Å². The number of nitriles is 1. The lowest BCUT2D eigenvalue weighted by Gasteiger charge is -2.41. The molecule has 0 radical (unpaired) electrons. The van der Waals surface area contributed by atoms with Crippen molar-refractivity contribution in [3.8, 4) is 6.07 Å². The van der Waals surface area contributed by atoms with Crippen molar-refractivity contribution in [3.05, 3.63) is 0 Å². The number of amides is 1. The summed E-state index contributed by atoms with van der Waals surface area (Å²) in [6, 6.07) is 2.48. The third kappa shape index (κ3) is 2.06. The largest absolute Gasteiger partial charge is 0.351 e. The van der Waals surface area contributed by atoms with Gasteiger partial charge in [0, 0.05) is 6.04 Å². The van der Waals surface area contributed by atoms with Gasteiger partial charge >= 0.3 is 0 Å². The molecule has 0 aromatic rings. The normalized spacial score (nSPS) is 39.2. The monoisotopic (exact) mass is 234 g/mol. The average molecular weight is 234 g/mol. The molecule has 94 valence electrons. The smallest absolute Gasteiger partial charge is 0.240 e. The van der Waals surface area contributed by atoms with E-state index in [-0.39, 0.29) is 17.4 Å². The molecule has 2 saturated carbocycles. The van der Waals surface area contributed by atoms with E-state index in [0.717, 1.165) is 25.7 Å². The zero-order valence-electron chi connectivity index (χ0n) is 11.0. The molecule has 1 N–H and O–H groups in total. The fourth-order valence-electron chi connectivity index (χ4n) is 3.35. The first kappa shape index (κ1) is 12.4. The van der Waals surface area contributed by atoms with Gasteiger partial charge in [-0.15, -0.1) is 0 Å². The second kappa shape index (κ2) is 4.01. The summed E-state index contributed by atoms with van der Waals surface area (Å²) in [6.45, 7) is 6.50. The molecule has 3 nitrogen and oxygen atoms in total. The molecule has 2 fully saturated rings. The van der Waals surface area contributed by atoms with Crippen molar-refractivity contribution in [1.29, 1.82) is 5.26 Å². The van der Waals surface area contributed by atoms with Crippen molar-refractivity contribution >= 4 is 5.91 Å². The Kier molecular flexibility index (Phi) is 2.93. The standard InChI is InChI=1S/C14H22N2O/c1-10-7-14(8-10,9-15)12(17)16-11-5-4-6-13(11,2)3/h10-11H,4-8H2,1-3H3,(H,16,17). The third-order valence-electron chi connectivity index (χ3n) is 4.61. The molecule has 2 aliphatic rings. The maximum atomic E-state index is 12.2. The van der Waals surface area contributed by atoms with E-state index in [4.69, 9.17) is 0 Å². The fraction of sp³-hybridized carbons (Fsp3) is 0.857. The summed E-state index contributed by atoms with van der Waals surface area (Å²) in [5, 5.41) is 12.3. The molecular weight excluding hydrogens is 212 g/mol. The molecule has 0 spiro atoms. The minimum Gasteiger partial charge on any atom is -0.351 e. The maximum Gasteiger partial charge on any atom is 0.240 e. The second-order valence-electron chi connectivity index (χ2n) is 6.61. The van der Waals surface area contributed by atoms with Gasteiger partial charge in [-0.05, 0) is 37.0 Å². The van der Waals surface area contributed by atoms with Crippen LogP contribution in [0.15, 0.2) is 0 Å². The summed E-state index contributed by atoms with van der Waals surface area (Å²) in [6.07, 6.45) is 4.84. The Labute approximate surface area is 104 Å². The summed E-state index contributed by atoms with van der Waals surface area (Å²) >= 11 is 0. The number of nitrogens with one attached hydrogen (secondary N) is 1. The Morgan fingerprint density at radius 3 is 2.47 bits per heavy atom.